The van der Waals surface area contributed by atoms with E-state index in [1.165, 1.54) is 29.5 Å². The fourth-order valence-electron chi connectivity index (χ4n) is 1.91. The third-order valence-corrected chi connectivity index (χ3v) is 3.25. The van der Waals surface area contributed by atoms with Crippen LogP contribution in [-0.2, 0) is 6.42 Å². The molecular weight excluding hydrogens is 172 g/mol. The Kier molecular flexibility index (Phi) is 2.31. The smallest absolute Gasteiger partial charge is 0.0300 e. The van der Waals surface area contributed by atoms with Gasteiger partial charge in [-0.25, -0.2) is 0 Å². The summed E-state index contributed by atoms with van der Waals surface area (Å²) in [7, 11) is 0. The monoisotopic (exact) mass is 190 g/mol. The summed E-state index contributed by atoms with van der Waals surface area (Å²) >= 11 is 0. The molecule has 2 N–H and O–H groups in total. The van der Waals surface area contributed by atoms with Gasteiger partial charge in [0, 0.05) is 17.9 Å². The highest BCUT2D eigenvalue weighted by Crippen LogP contribution is 2.36. The zero-order chi connectivity index (χ0) is 10.2. The van der Waals surface area contributed by atoms with Gasteiger partial charge >= 0.3 is 0 Å². The second-order valence-electron chi connectivity index (χ2n) is 4.61. The Morgan fingerprint density at radius 2 is 1.86 bits per heavy atom. The molecule has 2 heteroatoms. The van der Waals surface area contributed by atoms with Gasteiger partial charge in [0.2, 0.25) is 0 Å². The van der Waals surface area contributed by atoms with Gasteiger partial charge in [-0.3, -0.25) is 4.98 Å². The maximum atomic E-state index is 6.08. The van der Waals surface area contributed by atoms with Gasteiger partial charge in [0.25, 0.3) is 0 Å². The van der Waals surface area contributed by atoms with Crippen molar-refractivity contribution in [3.8, 4) is 0 Å². The number of hydrogen-bond acceptors (Lipinski definition) is 2. The molecule has 0 aliphatic heterocycles. The van der Waals surface area contributed by atoms with Crippen molar-refractivity contribution in [3.05, 3.63) is 29.1 Å². The van der Waals surface area contributed by atoms with E-state index in [2.05, 4.69) is 18.8 Å². The molecule has 0 bridgehead atoms. The summed E-state index contributed by atoms with van der Waals surface area (Å²) in [6, 6.07) is 0. The van der Waals surface area contributed by atoms with E-state index in [1.54, 1.807) is 0 Å². The lowest BCUT2D eigenvalue weighted by molar-refractivity contribution is 0.606. The molecule has 1 heterocycles. The topological polar surface area (TPSA) is 38.9 Å². The van der Waals surface area contributed by atoms with Crippen LogP contribution in [0.1, 0.15) is 36.0 Å². The van der Waals surface area contributed by atoms with Gasteiger partial charge in [-0.15, -0.1) is 0 Å². The van der Waals surface area contributed by atoms with Crippen LogP contribution >= 0.6 is 0 Å². The normalized spacial score (nSPS) is 18.2. The molecule has 0 unspecified atom stereocenters. The van der Waals surface area contributed by atoms with E-state index in [4.69, 9.17) is 5.73 Å². The SMILES string of the molecule is Cc1cncc(C)c1CCC1(N)CC1. The Morgan fingerprint density at radius 3 is 2.36 bits per heavy atom. The molecule has 14 heavy (non-hydrogen) atoms. The third-order valence-electron chi connectivity index (χ3n) is 3.25. The molecule has 1 aliphatic carbocycles. The second kappa shape index (κ2) is 3.35. The van der Waals surface area contributed by atoms with Crippen LogP contribution in [0, 0.1) is 13.8 Å². The highest BCUT2D eigenvalue weighted by Gasteiger charge is 2.37. The first kappa shape index (κ1) is 9.66. The molecule has 2 rings (SSSR count). The molecule has 1 aliphatic rings. The molecule has 1 aromatic rings. The maximum Gasteiger partial charge on any atom is 0.0300 e. The Labute approximate surface area is 85.5 Å². The van der Waals surface area contributed by atoms with Crippen LogP contribution in [0.4, 0.5) is 0 Å². The number of hydrogen-bond donors (Lipinski definition) is 1. The minimum absolute atomic E-state index is 0.169. The molecule has 2 nitrogen and oxygen atoms in total. The molecule has 0 amide bonds. The fourth-order valence-corrected chi connectivity index (χ4v) is 1.91. The average Bonchev–Trinajstić information content (AvgIpc) is 2.83. The Morgan fingerprint density at radius 1 is 1.29 bits per heavy atom. The first-order valence-electron chi connectivity index (χ1n) is 5.30. The van der Waals surface area contributed by atoms with Crippen molar-refractivity contribution in [3.63, 3.8) is 0 Å². The molecule has 1 aromatic heterocycles. The van der Waals surface area contributed by atoms with Gasteiger partial charge in [-0.1, -0.05) is 0 Å². The lowest BCUT2D eigenvalue weighted by atomic mass is 9.98. The van der Waals surface area contributed by atoms with Gasteiger partial charge in [0.05, 0.1) is 0 Å². The fraction of sp³-hybridized carbons (Fsp3) is 0.583. The quantitative estimate of drug-likeness (QED) is 0.793. The summed E-state index contributed by atoms with van der Waals surface area (Å²) in [5, 5.41) is 0. The summed E-state index contributed by atoms with van der Waals surface area (Å²) in [5.41, 5.74) is 10.3. The highest BCUT2D eigenvalue weighted by atomic mass is 14.8. The second-order valence-corrected chi connectivity index (χ2v) is 4.61. The van der Waals surface area contributed by atoms with Gasteiger partial charge in [-0.2, -0.15) is 0 Å². The summed E-state index contributed by atoms with van der Waals surface area (Å²) < 4.78 is 0. The summed E-state index contributed by atoms with van der Waals surface area (Å²) in [4.78, 5) is 4.17. The van der Waals surface area contributed by atoms with Crippen molar-refractivity contribution >= 4 is 0 Å². The van der Waals surface area contributed by atoms with Crippen LogP contribution in [-0.4, -0.2) is 10.5 Å². The molecule has 76 valence electrons. The number of pyridine rings is 1. The van der Waals surface area contributed by atoms with E-state index in [0.29, 0.717) is 0 Å². The van der Waals surface area contributed by atoms with Crippen molar-refractivity contribution in [2.24, 2.45) is 5.73 Å². The summed E-state index contributed by atoms with van der Waals surface area (Å²) in [5.74, 6) is 0. The Hall–Kier alpha value is -0.890. The molecule has 1 saturated carbocycles. The van der Waals surface area contributed by atoms with E-state index in [-0.39, 0.29) is 5.54 Å². The van der Waals surface area contributed by atoms with E-state index in [9.17, 15) is 0 Å². The van der Waals surface area contributed by atoms with Crippen LogP contribution in [0.15, 0.2) is 12.4 Å². The van der Waals surface area contributed by atoms with Crippen molar-refractivity contribution in [2.75, 3.05) is 0 Å². The summed E-state index contributed by atoms with van der Waals surface area (Å²) in [6.45, 7) is 4.26. The van der Waals surface area contributed by atoms with Crippen molar-refractivity contribution in [2.45, 2.75) is 45.1 Å². The van der Waals surface area contributed by atoms with Crippen LogP contribution in [0.2, 0.25) is 0 Å². The number of aromatic nitrogens is 1. The molecule has 0 saturated heterocycles. The lowest BCUT2D eigenvalue weighted by Crippen LogP contribution is -2.22. The molecule has 0 radical (unpaired) electrons. The van der Waals surface area contributed by atoms with E-state index >= 15 is 0 Å². The minimum atomic E-state index is 0.169. The molecule has 0 atom stereocenters. The van der Waals surface area contributed by atoms with E-state index in [0.717, 1.165) is 12.8 Å². The van der Waals surface area contributed by atoms with E-state index in [1.807, 2.05) is 12.4 Å². The standard InChI is InChI=1S/C12H18N2/c1-9-7-14-8-10(2)11(9)3-4-12(13)5-6-12/h7-8H,3-6,13H2,1-2H3. The first-order valence-corrected chi connectivity index (χ1v) is 5.30. The van der Waals surface area contributed by atoms with Crippen LogP contribution in [0.5, 0.6) is 0 Å². The van der Waals surface area contributed by atoms with Gasteiger partial charge in [0.1, 0.15) is 0 Å². The molecular formula is C12H18N2. The molecule has 0 spiro atoms. The molecule has 1 fully saturated rings. The van der Waals surface area contributed by atoms with Crippen LogP contribution in [0.25, 0.3) is 0 Å². The van der Waals surface area contributed by atoms with Gasteiger partial charge in [-0.05, 0) is 56.2 Å². The number of aryl methyl sites for hydroxylation is 2. The predicted octanol–water partition coefficient (Wildman–Crippen LogP) is 2.12. The van der Waals surface area contributed by atoms with Gasteiger partial charge in [0.15, 0.2) is 0 Å². The number of nitrogens with two attached hydrogens (primary N) is 1. The average molecular weight is 190 g/mol. The third kappa shape index (κ3) is 1.95. The highest BCUT2D eigenvalue weighted by molar-refractivity contribution is 5.30. The van der Waals surface area contributed by atoms with Crippen molar-refractivity contribution in [1.82, 2.24) is 4.98 Å². The number of rotatable bonds is 3. The zero-order valence-corrected chi connectivity index (χ0v) is 9.01. The maximum absolute atomic E-state index is 6.08. The predicted molar refractivity (Wildman–Crippen MR) is 58.2 cm³/mol. The molecule has 0 aromatic carbocycles. The number of nitrogens with zero attached hydrogens (tertiary/aromatic N) is 1. The summed E-state index contributed by atoms with van der Waals surface area (Å²) in [6.07, 6.45) is 8.53. The minimum Gasteiger partial charge on any atom is -0.325 e. The Balaban J connectivity index is 2.08. The van der Waals surface area contributed by atoms with Crippen molar-refractivity contribution in [1.29, 1.82) is 0 Å². The van der Waals surface area contributed by atoms with Gasteiger partial charge < -0.3 is 5.73 Å². The lowest BCUT2D eigenvalue weighted by Gasteiger charge is -2.12. The van der Waals surface area contributed by atoms with Crippen LogP contribution < -0.4 is 5.73 Å². The zero-order valence-electron chi connectivity index (χ0n) is 9.01. The van der Waals surface area contributed by atoms with E-state index < -0.39 is 0 Å². The van der Waals surface area contributed by atoms with Crippen LogP contribution in [0.3, 0.4) is 0 Å². The first-order chi connectivity index (χ1) is 6.61. The Bertz CT molecular complexity index is 320. The van der Waals surface area contributed by atoms with Crippen molar-refractivity contribution < 1.29 is 0 Å². The largest absolute Gasteiger partial charge is 0.325 e.